The van der Waals surface area contributed by atoms with Gasteiger partial charge in [0.15, 0.2) is 0 Å². The average molecular weight is 1140 g/mol. The van der Waals surface area contributed by atoms with Gasteiger partial charge >= 0.3 is 5.97 Å². The number of hydrogen-bond acceptors (Lipinski definition) is 5. The fourth-order valence-electron chi connectivity index (χ4n) is 11.6. The predicted molar refractivity (Wildman–Crippen MR) is 356 cm³/mol. The van der Waals surface area contributed by atoms with E-state index in [1.165, 1.54) is 327 Å². The number of amides is 1. The number of aliphatic hydroxyl groups is 2. The van der Waals surface area contributed by atoms with E-state index in [0.717, 1.165) is 51.4 Å². The van der Waals surface area contributed by atoms with Gasteiger partial charge in [0.2, 0.25) is 5.91 Å². The first-order valence-electron chi connectivity index (χ1n) is 36.8. The lowest BCUT2D eigenvalue weighted by molar-refractivity contribution is -0.143. The van der Waals surface area contributed by atoms with Crippen LogP contribution in [0.15, 0.2) is 36.5 Å². The Hall–Kier alpha value is -1.92. The number of ether oxygens (including phenoxy) is 1. The van der Waals surface area contributed by atoms with Gasteiger partial charge in [0, 0.05) is 12.8 Å². The van der Waals surface area contributed by atoms with Crippen LogP contribution in [0.4, 0.5) is 0 Å². The summed E-state index contributed by atoms with van der Waals surface area (Å²) in [5.41, 5.74) is 0. The van der Waals surface area contributed by atoms with E-state index in [2.05, 4.69) is 43.5 Å². The minimum atomic E-state index is -0.842. The molecule has 3 N–H and O–H groups in total. The maximum Gasteiger partial charge on any atom is 0.305 e. The van der Waals surface area contributed by atoms with Crippen LogP contribution in [-0.2, 0) is 14.3 Å². The van der Waals surface area contributed by atoms with Crippen LogP contribution < -0.4 is 5.32 Å². The summed E-state index contributed by atoms with van der Waals surface area (Å²) in [5, 5.41) is 23.2. The van der Waals surface area contributed by atoms with Gasteiger partial charge in [0.1, 0.15) is 0 Å². The fourth-order valence-corrected chi connectivity index (χ4v) is 11.6. The minimum Gasteiger partial charge on any atom is -0.466 e. The molecule has 2 unspecified atom stereocenters. The Bertz CT molecular complexity index is 1310. The number of carbonyl (C=O) groups is 2. The summed E-state index contributed by atoms with van der Waals surface area (Å²) in [6.07, 6.45) is 91.0. The number of esters is 1. The SMILES string of the molecule is CCC/C=C\C/C=C\CCCCCCCC(=O)OCCCCCCCCCCCCCCCCCCCCCCCCCCCCCCCCCCCC(=O)NC(CO)C(O)/C=C/CCCCCCCCCCCCCCCCCC. The molecule has 0 spiro atoms. The number of aliphatic hydroxyl groups excluding tert-OH is 2. The molecule has 6 heteroatoms. The highest BCUT2D eigenvalue weighted by molar-refractivity contribution is 5.76. The smallest absolute Gasteiger partial charge is 0.305 e. The quantitative estimate of drug-likeness (QED) is 0.0320. The first kappa shape index (κ1) is 79.1. The highest BCUT2D eigenvalue weighted by Crippen LogP contribution is 2.19. The second-order valence-corrected chi connectivity index (χ2v) is 25.3. The summed E-state index contributed by atoms with van der Waals surface area (Å²) in [6, 6.07) is -0.625. The normalized spacial score (nSPS) is 12.7. The van der Waals surface area contributed by atoms with Gasteiger partial charge in [-0.1, -0.05) is 371 Å². The van der Waals surface area contributed by atoms with Crippen LogP contribution in [0.2, 0.25) is 0 Å². The van der Waals surface area contributed by atoms with Crippen molar-refractivity contribution in [3.05, 3.63) is 36.5 Å². The maximum absolute atomic E-state index is 12.5. The molecule has 0 saturated carbocycles. The summed E-state index contributed by atoms with van der Waals surface area (Å²) >= 11 is 0. The van der Waals surface area contributed by atoms with Crippen LogP contribution in [0.5, 0.6) is 0 Å². The van der Waals surface area contributed by atoms with Crippen molar-refractivity contribution in [3.63, 3.8) is 0 Å². The number of carbonyl (C=O) groups excluding carboxylic acids is 2. The lowest BCUT2D eigenvalue weighted by Crippen LogP contribution is -2.45. The molecule has 1 amide bonds. The van der Waals surface area contributed by atoms with Crippen molar-refractivity contribution in [2.24, 2.45) is 0 Å². The van der Waals surface area contributed by atoms with Crippen molar-refractivity contribution in [1.29, 1.82) is 0 Å². The van der Waals surface area contributed by atoms with E-state index in [4.69, 9.17) is 4.74 Å². The Morgan fingerprint density at radius 1 is 0.346 bits per heavy atom. The average Bonchev–Trinajstić information content (AvgIpc) is 3.47. The molecule has 0 aromatic rings. The molecule has 0 fully saturated rings. The van der Waals surface area contributed by atoms with Crippen molar-refractivity contribution in [2.75, 3.05) is 13.2 Å². The topological polar surface area (TPSA) is 95.9 Å². The molecule has 0 aliphatic heterocycles. The van der Waals surface area contributed by atoms with Crippen LogP contribution in [0.25, 0.3) is 0 Å². The molecular weight excluding hydrogens is 995 g/mol. The zero-order chi connectivity index (χ0) is 58.5. The summed E-state index contributed by atoms with van der Waals surface area (Å²) in [4.78, 5) is 24.6. The van der Waals surface area contributed by atoms with Crippen molar-refractivity contribution in [3.8, 4) is 0 Å². The first-order valence-corrected chi connectivity index (χ1v) is 36.8. The molecule has 0 rings (SSSR count). The van der Waals surface area contributed by atoms with E-state index >= 15 is 0 Å². The molecule has 0 aliphatic rings. The molecule has 0 aromatic heterocycles. The van der Waals surface area contributed by atoms with Gasteiger partial charge in [0.05, 0.1) is 25.4 Å². The lowest BCUT2D eigenvalue weighted by atomic mass is 10.0. The lowest BCUT2D eigenvalue weighted by Gasteiger charge is -2.20. The second kappa shape index (κ2) is 70.6. The molecule has 0 bridgehead atoms. The summed E-state index contributed by atoms with van der Waals surface area (Å²) < 4.78 is 5.48. The van der Waals surface area contributed by atoms with Crippen LogP contribution in [0.3, 0.4) is 0 Å². The van der Waals surface area contributed by atoms with Gasteiger partial charge in [-0.25, -0.2) is 0 Å². The molecule has 2 atom stereocenters. The minimum absolute atomic E-state index is 0.00637. The van der Waals surface area contributed by atoms with Crippen molar-refractivity contribution in [1.82, 2.24) is 5.32 Å². The van der Waals surface area contributed by atoms with E-state index in [0.29, 0.717) is 19.4 Å². The zero-order valence-electron chi connectivity index (χ0n) is 54.8. The van der Waals surface area contributed by atoms with Crippen LogP contribution in [0.1, 0.15) is 406 Å². The molecule has 0 aromatic carbocycles. The Morgan fingerprint density at radius 3 is 0.988 bits per heavy atom. The highest BCUT2D eigenvalue weighted by atomic mass is 16.5. The van der Waals surface area contributed by atoms with Crippen molar-refractivity contribution in [2.45, 2.75) is 418 Å². The predicted octanol–water partition coefficient (Wildman–Crippen LogP) is 23.9. The summed E-state index contributed by atoms with van der Waals surface area (Å²) in [7, 11) is 0. The Kier molecular flexibility index (Phi) is 68.9. The van der Waals surface area contributed by atoms with Gasteiger partial charge in [-0.05, 0) is 57.8 Å². The highest BCUT2D eigenvalue weighted by Gasteiger charge is 2.18. The Balaban J connectivity index is 3.34. The second-order valence-electron chi connectivity index (χ2n) is 25.3. The van der Waals surface area contributed by atoms with Crippen molar-refractivity contribution < 1.29 is 24.5 Å². The van der Waals surface area contributed by atoms with Gasteiger partial charge in [-0.3, -0.25) is 9.59 Å². The number of unbranched alkanes of at least 4 members (excludes halogenated alkanes) is 54. The first-order chi connectivity index (χ1) is 40.0. The van der Waals surface area contributed by atoms with Gasteiger partial charge < -0.3 is 20.3 Å². The molecule has 81 heavy (non-hydrogen) atoms. The van der Waals surface area contributed by atoms with Crippen LogP contribution >= 0.6 is 0 Å². The standard InChI is InChI=1S/C75H143NO5/c1-3-5-7-9-11-13-15-17-18-19-37-40-44-47-51-55-59-63-67-73(78)72(71-77)76-74(79)68-64-60-56-52-48-45-41-38-35-33-31-29-27-25-23-21-20-22-24-26-28-30-32-34-36-39-42-46-50-54-58-62-66-70-81-75(80)69-65-61-57-53-49-43-16-14-12-10-8-6-4-2/h8,10,14,16,63,67,72-73,77-78H,3-7,9,11-13,15,17-62,64-66,68-71H2,1-2H3,(H,76,79)/b10-8-,16-14-,67-63+. The largest absolute Gasteiger partial charge is 0.466 e. The van der Waals surface area contributed by atoms with E-state index in [1.807, 2.05) is 6.08 Å². The molecule has 0 saturated heterocycles. The number of allylic oxidation sites excluding steroid dienone is 5. The van der Waals surface area contributed by atoms with Gasteiger partial charge in [-0.2, -0.15) is 0 Å². The fraction of sp³-hybridized carbons (Fsp3) is 0.893. The number of rotatable bonds is 69. The molecule has 478 valence electrons. The number of nitrogens with one attached hydrogen (secondary N) is 1. The van der Waals surface area contributed by atoms with Gasteiger partial charge in [0.25, 0.3) is 0 Å². The van der Waals surface area contributed by atoms with E-state index in [-0.39, 0.29) is 18.5 Å². The van der Waals surface area contributed by atoms with E-state index in [9.17, 15) is 19.8 Å². The molecule has 6 nitrogen and oxygen atoms in total. The molecule has 0 radical (unpaired) electrons. The third-order valence-electron chi connectivity index (χ3n) is 17.1. The summed E-state index contributed by atoms with van der Waals surface area (Å²) in [5.74, 6) is -0.0534. The van der Waals surface area contributed by atoms with E-state index < -0.39 is 12.1 Å². The maximum atomic E-state index is 12.5. The summed E-state index contributed by atoms with van der Waals surface area (Å²) in [6.45, 7) is 4.87. The van der Waals surface area contributed by atoms with Crippen LogP contribution in [0, 0.1) is 0 Å². The van der Waals surface area contributed by atoms with Crippen molar-refractivity contribution >= 4 is 11.9 Å². The number of hydrogen-bond donors (Lipinski definition) is 3. The van der Waals surface area contributed by atoms with E-state index in [1.54, 1.807) is 6.08 Å². The zero-order valence-corrected chi connectivity index (χ0v) is 54.8. The Labute approximate surface area is 506 Å². The third kappa shape index (κ3) is 67.1. The van der Waals surface area contributed by atoms with Gasteiger partial charge in [-0.15, -0.1) is 0 Å². The monoisotopic (exact) mass is 1140 g/mol. The third-order valence-corrected chi connectivity index (χ3v) is 17.1. The molecule has 0 heterocycles. The molecule has 0 aliphatic carbocycles. The molecular formula is C75H143NO5. The Morgan fingerprint density at radius 2 is 0.642 bits per heavy atom. The van der Waals surface area contributed by atoms with Crippen LogP contribution in [-0.4, -0.2) is 47.4 Å².